The zero-order chi connectivity index (χ0) is 21.8. The number of anilines is 1. The van der Waals surface area contributed by atoms with Crippen molar-refractivity contribution in [1.82, 2.24) is 4.31 Å². The number of aryl methyl sites for hydroxylation is 1. The number of carbonyl (C=O) groups is 1. The molecule has 1 aromatic heterocycles. The quantitative estimate of drug-likeness (QED) is 0.587. The first-order valence-electron chi connectivity index (χ1n) is 10.1. The molecule has 0 unspecified atom stereocenters. The maximum Gasteiger partial charge on any atom is 0.294 e. The number of sulfonamides is 1. The first kappa shape index (κ1) is 21.3. The number of hydrogen-bond donors (Lipinski definition) is 0. The zero-order valence-corrected chi connectivity index (χ0v) is 18.0. The van der Waals surface area contributed by atoms with Crippen LogP contribution >= 0.6 is 0 Å². The van der Waals surface area contributed by atoms with E-state index in [1.54, 1.807) is 4.90 Å². The lowest BCUT2D eigenvalue weighted by Gasteiger charge is -2.25. The number of carbonyl (C=O) groups excluding carboxylic acids is 1. The molecule has 0 N–H and O–H groups in total. The molecule has 1 aliphatic rings. The SMILES string of the molecule is Cc1ccc(N(Cc2ccccc2)C(=O)c2ccc(S(=O)(=O)N3CCOCC3)o2)cc1. The minimum Gasteiger partial charge on any atom is -0.438 e. The summed E-state index contributed by atoms with van der Waals surface area (Å²) in [5.74, 6) is -0.431. The summed E-state index contributed by atoms with van der Waals surface area (Å²) in [4.78, 5) is 14.9. The highest BCUT2D eigenvalue weighted by molar-refractivity contribution is 7.89. The van der Waals surface area contributed by atoms with Crippen LogP contribution in [0.2, 0.25) is 0 Å². The van der Waals surface area contributed by atoms with Crippen LogP contribution in [0.1, 0.15) is 21.7 Å². The molecule has 8 heteroatoms. The highest BCUT2D eigenvalue weighted by atomic mass is 32.2. The van der Waals surface area contributed by atoms with Crippen molar-refractivity contribution in [2.24, 2.45) is 0 Å². The molecule has 2 heterocycles. The molecular formula is C23H24N2O5S. The molecule has 0 atom stereocenters. The molecule has 31 heavy (non-hydrogen) atoms. The van der Waals surface area contributed by atoms with E-state index in [0.717, 1.165) is 11.1 Å². The van der Waals surface area contributed by atoms with Gasteiger partial charge in [-0.2, -0.15) is 4.31 Å². The fourth-order valence-corrected chi connectivity index (χ4v) is 4.71. The number of amides is 1. The smallest absolute Gasteiger partial charge is 0.294 e. The van der Waals surface area contributed by atoms with Crippen LogP contribution < -0.4 is 4.90 Å². The van der Waals surface area contributed by atoms with Crippen molar-refractivity contribution in [1.29, 1.82) is 0 Å². The number of nitrogens with zero attached hydrogens (tertiary/aromatic N) is 2. The monoisotopic (exact) mass is 440 g/mol. The molecule has 1 fully saturated rings. The number of hydrogen-bond acceptors (Lipinski definition) is 5. The molecule has 0 spiro atoms. The lowest BCUT2D eigenvalue weighted by molar-refractivity contribution is 0.0723. The molecule has 0 aliphatic carbocycles. The molecule has 4 rings (SSSR count). The van der Waals surface area contributed by atoms with E-state index in [9.17, 15) is 13.2 Å². The summed E-state index contributed by atoms with van der Waals surface area (Å²) in [5.41, 5.74) is 2.73. The Hall–Kier alpha value is -2.94. The van der Waals surface area contributed by atoms with Crippen LogP contribution in [0, 0.1) is 6.92 Å². The van der Waals surface area contributed by atoms with Gasteiger partial charge in [-0.05, 0) is 36.8 Å². The predicted octanol–water partition coefficient (Wildman–Crippen LogP) is 3.46. The van der Waals surface area contributed by atoms with Crippen LogP contribution in [0.3, 0.4) is 0 Å². The Morgan fingerprint density at radius 2 is 1.65 bits per heavy atom. The van der Waals surface area contributed by atoms with E-state index >= 15 is 0 Å². The third kappa shape index (κ3) is 4.71. The largest absolute Gasteiger partial charge is 0.438 e. The van der Waals surface area contributed by atoms with Gasteiger partial charge in [-0.25, -0.2) is 8.42 Å². The molecule has 3 aromatic rings. The first-order chi connectivity index (χ1) is 14.9. The summed E-state index contributed by atoms with van der Waals surface area (Å²) >= 11 is 0. The lowest BCUT2D eigenvalue weighted by Crippen LogP contribution is -2.40. The number of morpholine rings is 1. The van der Waals surface area contributed by atoms with Crippen LogP contribution in [0.4, 0.5) is 5.69 Å². The van der Waals surface area contributed by atoms with Crippen LogP contribution in [-0.4, -0.2) is 44.9 Å². The summed E-state index contributed by atoms with van der Waals surface area (Å²) in [7, 11) is -3.81. The van der Waals surface area contributed by atoms with Gasteiger partial charge < -0.3 is 14.1 Å². The number of ether oxygens (including phenoxy) is 1. The van der Waals surface area contributed by atoms with Crippen molar-refractivity contribution in [3.8, 4) is 0 Å². The Morgan fingerprint density at radius 3 is 2.32 bits per heavy atom. The number of rotatable bonds is 6. The summed E-state index contributed by atoms with van der Waals surface area (Å²) in [6, 6.07) is 19.9. The fraction of sp³-hybridized carbons (Fsp3) is 0.261. The molecule has 1 saturated heterocycles. The average molecular weight is 441 g/mol. The van der Waals surface area contributed by atoms with Gasteiger partial charge in [0.25, 0.3) is 15.9 Å². The highest BCUT2D eigenvalue weighted by Crippen LogP contribution is 2.25. The van der Waals surface area contributed by atoms with E-state index in [4.69, 9.17) is 9.15 Å². The Labute approximate surface area is 181 Å². The van der Waals surface area contributed by atoms with Gasteiger partial charge in [0.15, 0.2) is 5.76 Å². The molecule has 162 valence electrons. The van der Waals surface area contributed by atoms with Crippen molar-refractivity contribution < 1.29 is 22.4 Å². The van der Waals surface area contributed by atoms with Gasteiger partial charge >= 0.3 is 0 Å². The predicted molar refractivity (Wildman–Crippen MR) is 116 cm³/mol. The Kier molecular flexibility index (Phi) is 6.22. The Balaban J connectivity index is 1.63. The third-order valence-electron chi connectivity index (χ3n) is 5.13. The molecule has 0 bridgehead atoms. The van der Waals surface area contributed by atoms with Gasteiger partial charge in [-0.15, -0.1) is 0 Å². The van der Waals surface area contributed by atoms with Gasteiger partial charge in [-0.3, -0.25) is 4.79 Å². The van der Waals surface area contributed by atoms with Gasteiger partial charge in [-0.1, -0.05) is 48.0 Å². The maximum atomic E-state index is 13.4. The second-order valence-corrected chi connectivity index (χ2v) is 9.22. The molecule has 1 amide bonds. The minimum atomic E-state index is -3.81. The summed E-state index contributed by atoms with van der Waals surface area (Å²) in [6.45, 7) is 3.50. The molecular weight excluding hydrogens is 416 g/mol. The van der Waals surface area contributed by atoms with E-state index < -0.39 is 15.9 Å². The van der Waals surface area contributed by atoms with Crippen LogP contribution in [-0.2, 0) is 21.3 Å². The normalized spacial score (nSPS) is 15.0. The van der Waals surface area contributed by atoms with Gasteiger partial charge in [0, 0.05) is 18.8 Å². The molecule has 1 aliphatic heterocycles. The molecule has 0 saturated carbocycles. The highest BCUT2D eigenvalue weighted by Gasteiger charge is 2.31. The summed E-state index contributed by atoms with van der Waals surface area (Å²) in [6.07, 6.45) is 0. The fourth-order valence-electron chi connectivity index (χ4n) is 3.39. The van der Waals surface area contributed by atoms with E-state index in [1.165, 1.54) is 16.4 Å². The Morgan fingerprint density at radius 1 is 0.968 bits per heavy atom. The van der Waals surface area contributed by atoms with E-state index in [0.29, 0.717) is 25.4 Å². The van der Waals surface area contributed by atoms with E-state index in [2.05, 4.69) is 0 Å². The van der Waals surface area contributed by atoms with Crippen LogP contribution in [0.5, 0.6) is 0 Å². The summed E-state index contributed by atoms with van der Waals surface area (Å²) in [5, 5.41) is -0.235. The van der Waals surface area contributed by atoms with Crippen molar-refractivity contribution in [3.63, 3.8) is 0 Å². The molecule has 7 nitrogen and oxygen atoms in total. The topological polar surface area (TPSA) is 80.1 Å². The second-order valence-electron chi connectivity index (χ2n) is 7.35. The summed E-state index contributed by atoms with van der Waals surface area (Å²) < 4.78 is 37.8. The third-order valence-corrected chi connectivity index (χ3v) is 6.90. The minimum absolute atomic E-state index is 0.0247. The van der Waals surface area contributed by atoms with Gasteiger partial charge in [0.1, 0.15) is 0 Å². The van der Waals surface area contributed by atoms with Crippen molar-refractivity contribution in [2.75, 3.05) is 31.2 Å². The van der Waals surface area contributed by atoms with Crippen LogP contribution in [0.15, 0.2) is 76.2 Å². The molecule has 2 aromatic carbocycles. The zero-order valence-electron chi connectivity index (χ0n) is 17.2. The van der Waals surface area contributed by atoms with Crippen molar-refractivity contribution in [2.45, 2.75) is 18.6 Å². The number of furan rings is 1. The van der Waals surface area contributed by atoms with Crippen molar-refractivity contribution >= 4 is 21.6 Å². The van der Waals surface area contributed by atoms with Gasteiger partial charge in [0.2, 0.25) is 5.09 Å². The molecule has 0 radical (unpaired) electrons. The second kappa shape index (κ2) is 9.05. The van der Waals surface area contributed by atoms with E-state index in [1.807, 2.05) is 61.5 Å². The number of benzene rings is 2. The van der Waals surface area contributed by atoms with Gasteiger partial charge in [0.05, 0.1) is 19.8 Å². The maximum absolute atomic E-state index is 13.4. The first-order valence-corrected chi connectivity index (χ1v) is 11.5. The van der Waals surface area contributed by atoms with E-state index in [-0.39, 0.29) is 23.9 Å². The Bertz CT molecular complexity index is 1130. The standard InChI is InChI=1S/C23H24N2O5S/c1-18-7-9-20(10-8-18)25(17-19-5-3-2-4-6-19)23(26)21-11-12-22(30-21)31(27,28)24-13-15-29-16-14-24/h2-12H,13-17H2,1H3. The average Bonchev–Trinajstić information content (AvgIpc) is 3.30. The van der Waals surface area contributed by atoms with Crippen LogP contribution in [0.25, 0.3) is 0 Å². The lowest BCUT2D eigenvalue weighted by atomic mass is 10.1. The van der Waals surface area contributed by atoms with Crippen molar-refractivity contribution in [3.05, 3.63) is 83.6 Å².